The standard InChI is InChI=1S/C14H26N4O2/c1-14(4-3-5-16-11-14)13(20)18-8-6-17(7-9-18)10-12(19)15-2/h16H,3-11H2,1-2H3,(H,15,19). The van der Waals surface area contributed by atoms with E-state index in [1.54, 1.807) is 7.05 Å². The first-order chi connectivity index (χ1) is 9.55. The van der Waals surface area contributed by atoms with Gasteiger partial charge in [-0.15, -0.1) is 0 Å². The zero-order valence-electron chi connectivity index (χ0n) is 12.6. The molecule has 0 aromatic rings. The summed E-state index contributed by atoms with van der Waals surface area (Å²) in [7, 11) is 1.65. The van der Waals surface area contributed by atoms with Crippen LogP contribution < -0.4 is 10.6 Å². The number of carbonyl (C=O) groups is 2. The summed E-state index contributed by atoms with van der Waals surface area (Å²) < 4.78 is 0. The molecule has 2 amide bonds. The average Bonchev–Trinajstić information content (AvgIpc) is 2.48. The Kier molecular flexibility index (Phi) is 4.99. The van der Waals surface area contributed by atoms with E-state index >= 15 is 0 Å². The second-order valence-electron chi connectivity index (χ2n) is 6.08. The molecule has 2 aliphatic rings. The molecule has 6 heteroatoms. The Hall–Kier alpha value is -1.14. The third-order valence-electron chi connectivity index (χ3n) is 4.42. The van der Waals surface area contributed by atoms with Gasteiger partial charge in [0.2, 0.25) is 11.8 Å². The number of nitrogens with one attached hydrogen (secondary N) is 2. The number of piperidine rings is 1. The molecule has 2 aliphatic heterocycles. The zero-order valence-corrected chi connectivity index (χ0v) is 12.6. The van der Waals surface area contributed by atoms with E-state index in [0.29, 0.717) is 6.54 Å². The van der Waals surface area contributed by atoms with Crippen molar-refractivity contribution in [3.8, 4) is 0 Å². The van der Waals surface area contributed by atoms with Crippen molar-refractivity contribution in [3.05, 3.63) is 0 Å². The summed E-state index contributed by atoms with van der Waals surface area (Å²) in [5.41, 5.74) is -0.249. The van der Waals surface area contributed by atoms with E-state index in [1.807, 2.05) is 4.90 Å². The first-order valence-electron chi connectivity index (χ1n) is 7.48. The summed E-state index contributed by atoms with van der Waals surface area (Å²) in [6, 6.07) is 0. The van der Waals surface area contributed by atoms with Gasteiger partial charge >= 0.3 is 0 Å². The van der Waals surface area contributed by atoms with Crippen molar-refractivity contribution in [2.45, 2.75) is 19.8 Å². The number of rotatable bonds is 3. The van der Waals surface area contributed by atoms with E-state index < -0.39 is 0 Å². The summed E-state index contributed by atoms with van der Waals surface area (Å²) in [5.74, 6) is 0.303. The van der Waals surface area contributed by atoms with Crippen LogP contribution in [0.2, 0.25) is 0 Å². The summed E-state index contributed by atoms with van der Waals surface area (Å²) in [6.07, 6.45) is 2.04. The van der Waals surface area contributed by atoms with Gasteiger partial charge in [0.15, 0.2) is 0 Å². The highest BCUT2D eigenvalue weighted by molar-refractivity contribution is 5.83. The van der Waals surface area contributed by atoms with Gasteiger partial charge in [-0.25, -0.2) is 0 Å². The molecule has 0 spiro atoms. The van der Waals surface area contributed by atoms with Crippen LogP contribution in [-0.2, 0) is 9.59 Å². The zero-order chi connectivity index (χ0) is 14.6. The van der Waals surface area contributed by atoms with Crippen molar-refractivity contribution in [1.82, 2.24) is 20.4 Å². The Balaban J connectivity index is 1.84. The SMILES string of the molecule is CNC(=O)CN1CCN(C(=O)C2(C)CCCNC2)CC1. The summed E-state index contributed by atoms with van der Waals surface area (Å²) >= 11 is 0. The van der Waals surface area contributed by atoms with Crippen LogP contribution in [0.25, 0.3) is 0 Å². The number of hydrogen-bond acceptors (Lipinski definition) is 4. The molecule has 0 aromatic heterocycles. The summed E-state index contributed by atoms with van der Waals surface area (Å²) in [6.45, 7) is 7.31. The van der Waals surface area contributed by atoms with Crippen LogP contribution in [0.1, 0.15) is 19.8 Å². The molecule has 2 rings (SSSR count). The van der Waals surface area contributed by atoms with Crippen LogP contribution in [0.5, 0.6) is 0 Å². The van der Waals surface area contributed by atoms with E-state index in [1.165, 1.54) is 0 Å². The molecule has 6 nitrogen and oxygen atoms in total. The minimum atomic E-state index is -0.249. The minimum Gasteiger partial charge on any atom is -0.358 e. The van der Waals surface area contributed by atoms with Gasteiger partial charge < -0.3 is 15.5 Å². The molecule has 2 N–H and O–H groups in total. The van der Waals surface area contributed by atoms with Crippen LogP contribution in [0.3, 0.4) is 0 Å². The van der Waals surface area contributed by atoms with Crippen LogP contribution in [0.4, 0.5) is 0 Å². The van der Waals surface area contributed by atoms with Gasteiger partial charge in [0, 0.05) is 39.8 Å². The first kappa shape index (κ1) is 15.3. The largest absolute Gasteiger partial charge is 0.358 e. The van der Waals surface area contributed by atoms with Crippen molar-refractivity contribution >= 4 is 11.8 Å². The second kappa shape index (κ2) is 6.54. The molecular weight excluding hydrogens is 256 g/mol. The highest BCUT2D eigenvalue weighted by Gasteiger charge is 2.38. The molecule has 0 aromatic carbocycles. The highest BCUT2D eigenvalue weighted by atomic mass is 16.2. The van der Waals surface area contributed by atoms with E-state index in [4.69, 9.17) is 0 Å². The lowest BCUT2D eigenvalue weighted by atomic mass is 9.81. The van der Waals surface area contributed by atoms with Crippen LogP contribution in [0.15, 0.2) is 0 Å². The van der Waals surface area contributed by atoms with Gasteiger partial charge in [-0.2, -0.15) is 0 Å². The lowest BCUT2D eigenvalue weighted by Crippen LogP contribution is -2.56. The van der Waals surface area contributed by atoms with Gasteiger partial charge in [-0.3, -0.25) is 14.5 Å². The van der Waals surface area contributed by atoms with Gasteiger partial charge in [-0.05, 0) is 26.3 Å². The van der Waals surface area contributed by atoms with Crippen LogP contribution in [-0.4, -0.2) is 74.5 Å². The fourth-order valence-electron chi connectivity index (χ4n) is 3.01. The third-order valence-corrected chi connectivity index (χ3v) is 4.42. The fourth-order valence-corrected chi connectivity index (χ4v) is 3.01. The number of likely N-dealkylation sites (N-methyl/N-ethyl adjacent to an activating group) is 1. The van der Waals surface area contributed by atoms with Crippen LogP contribution >= 0.6 is 0 Å². The van der Waals surface area contributed by atoms with E-state index in [2.05, 4.69) is 22.5 Å². The molecule has 0 radical (unpaired) electrons. The summed E-state index contributed by atoms with van der Waals surface area (Å²) in [4.78, 5) is 28.1. The summed E-state index contributed by atoms with van der Waals surface area (Å²) in [5, 5.41) is 5.96. The van der Waals surface area contributed by atoms with Gasteiger partial charge in [0.25, 0.3) is 0 Å². The lowest BCUT2D eigenvalue weighted by molar-refractivity contribution is -0.144. The Bertz CT molecular complexity index is 358. The lowest BCUT2D eigenvalue weighted by Gasteiger charge is -2.41. The predicted octanol–water partition coefficient (Wildman–Crippen LogP) is -0.734. The highest BCUT2D eigenvalue weighted by Crippen LogP contribution is 2.28. The molecule has 20 heavy (non-hydrogen) atoms. The molecule has 114 valence electrons. The molecule has 2 fully saturated rings. The molecular formula is C14H26N4O2. The molecule has 1 atom stereocenters. The van der Waals surface area contributed by atoms with Gasteiger partial charge in [0.05, 0.1) is 12.0 Å². The van der Waals surface area contributed by atoms with Crippen molar-refractivity contribution < 1.29 is 9.59 Å². The number of nitrogens with zero attached hydrogens (tertiary/aromatic N) is 2. The number of amides is 2. The van der Waals surface area contributed by atoms with Gasteiger partial charge in [0.1, 0.15) is 0 Å². The number of carbonyl (C=O) groups excluding carboxylic acids is 2. The van der Waals surface area contributed by atoms with Crippen molar-refractivity contribution in [2.24, 2.45) is 5.41 Å². The minimum absolute atomic E-state index is 0.0354. The quantitative estimate of drug-likeness (QED) is 0.716. The van der Waals surface area contributed by atoms with Crippen molar-refractivity contribution in [2.75, 3.05) is 52.9 Å². The first-order valence-corrected chi connectivity index (χ1v) is 7.48. The van der Waals surface area contributed by atoms with Crippen LogP contribution in [0, 0.1) is 5.41 Å². The topological polar surface area (TPSA) is 64.7 Å². The number of piperazine rings is 1. The Labute approximate surface area is 120 Å². The monoisotopic (exact) mass is 282 g/mol. The fraction of sp³-hybridized carbons (Fsp3) is 0.857. The van der Waals surface area contributed by atoms with E-state index in [-0.39, 0.29) is 17.2 Å². The maximum atomic E-state index is 12.6. The van der Waals surface area contributed by atoms with E-state index in [9.17, 15) is 9.59 Å². The Morgan fingerprint density at radius 3 is 2.50 bits per heavy atom. The molecule has 0 bridgehead atoms. The van der Waals surface area contributed by atoms with E-state index in [0.717, 1.165) is 52.1 Å². The Morgan fingerprint density at radius 1 is 1.25 bits per heavy atom. The molecule has 2 heterocycles. The maximum Gasteiger partial charge on any atom is 0.233 e. The molecule has 2 saturated heterocycles. The number of hydrogen-bond donors (Lipinski definition) is 2. The molecule has 0 saturated carbocycles. The molecule has 1 unspecified atom stereocenters. The van der Waals surface area contributed by atoms with Crippen molar-refractivity contribution in [3.63, 3.8) is 0 Å². The Morgan fingerprint density at radius 2 is 1.95 bits per heavy atom. The smallest absolute Gasteiger partial charge is 0.233 e. The van der Waals surface area contributed by atoms with Gasteiger partial charge in [-0.1, -0.05) is 0 Å². The maximum absolute atomic E-state index is 12.6. The predicted molar refractivity (Wildman–Crippen MR) is 77.3 cm³/mol. The molecule has 0 aliphatic carbocycles. The van der Waals surface area contributed by atoms with Crippen molar-refractivity contribution in [1.29, 1.82) is 0 Å². The average molecular weight is 282 g/mol. The third kappa shape index (κ3) is 3.49. The second-order valence-corrected chi connectivity index (χ2v) is 6.08. The normalized spacial score (nSPS) is 28.2.